The van der Waals surface area contributed by atoms with E-state index < -0.39 is 0 Å². The summed E-state index contributed by atoms with van der Waals surface area (Å²) in [7, 11) is 0. The molecule has 1 atom stereocenters. The van der Waals surface area contributed by atoms with E-state index in [0.29, 0.717) is 6.04 Å². The molecule has 96 valence electrons. The Kier molecular flexibility index (Phi) is 4.77. The molecule has 1 aromatic rings. The molecule has 1 heterocycles. The van der Waals surface area contributed by atoms with E-state index >= 15 is 0 Å². The molecule has 17 heavy (non-hydrogen) atoms. The number of aromatic nitrogens is 2. The van der Waals surface area contributed by atoms with Crippen LogP contribution in [-0.2, 0) is 6.42 Å². The first-order valence-electron chi connectivity index (χ1n) is 6.92. The third-order valence-electron chi connectivity index (χ3n) is 3.75. The van der Waals surface area contributed by atoms with Crippen molar-refractivity contribution in [3.8, 4) is 0 Å². The van der Waals surface area contributed by atoms with Gasteiger partial charge in [-0.1, -0.05) is 33.1 Å². The van der Waals surface area contributed by atoms with Crippen LogP contribution in [0.4, 0.5) is 5.13 Å². The van der Waals surface area contributed by atoms with Crippen molar-refractivity contribution in [1.82, 2.24) is 9.36 Å². The summed E-state index contributed by atoms with van der Waals surface area (Å²) in [5, 5.41) is 4.61. The lowest BCUT2D eigenvalue weighted by molar-refractivity contribution is 0.313. The number of rotatable bonds is 5. The van der Waals surface area contributed by atoms with E-state index in [-0.39, 0.29) is 0 Å². The van der Waals surface area contributed by atoms with Crippen molar-refractivity contribution in [1.29, 1.82) is 0 Å². The minimum absolute atomic E-state index is 0.591. The van der Waals surface area contributed by atoms with Gasteiger partial charge in [0.1, 0.15) is 5.82 Å². The van der Waals surface area contributed by atoms with Crippen LogP contribution in [0, 0.1) is 5.92 Å². The van der Waals surface area contributed by atoms with Gasteiger partial charge < -0.3 is 5.32 Å². The summed E-state index contributed by atoms with van der Waals surface area (Å²) in [4.78, 5) is 4.51. The summed E-state index contributed by atoms with van der Waals surface area (Å²) in [6, 6.07) is 0.591. The minimum atomic E-state index is 0.591. The Bertz CT molecular complexity index is 331. The fourth-order valence-corrected chi connectivity index (χ4v) is 3.42. The number of hydrogen-bond acceptors (Lipinski definition) is 4. The number of nitrogens with zero attached hydrogens (tertiary/aromatic N) is 2. The molecule has 4 heteroatoms. The Balaban J connectivity index is 1.93. The molecule has 0 aliphatic heterocycles. The molecular formula is C13H23N3S. The minimum Gasteiger partial charge on any atom is -0.357 e. The predicted octanol–water partition coefficient (Wildman–Crippen LogP) is 3.87. The summed E-state index contributed by atoms with van der Waals surface area (Å²) in [6.07, 6.45) is 9.10. The first kappa shape index (κ1) is 12.8. The third kappa shape index (κ3) is 3.41. The van der Waals surface area contributed by atoms with E-state index in [0.717, 1.165) is 23.3 Å². The summed E-state index contributed by atoms with van der Waals surface area (Å²) in [5.74, 6) is 1.80. The molecule has 0 amide bonds. The molecule has 0 spiro atoms. The number of aryl methyl sites for hydroxylation is 1. The molecule has 1 aromatic heterocycles. The fourth-order valence-electron chi connectivity index (χ4n) is 2.70. The maximum atomic E-state index is 4.51. The Hall–Kier alpha value is -0.640. The lowest BCUT2D eigenvalue weighted by atomic mass is 9.83. The molecule has 3 nitrogen and oxygen atoms in total. The van der Waals surface area contributed by atoms with Crippen molar-refractivity contribution in [2.45, 2.75) is 64.8 Å². The van der Waals surface area contributed by atoms with Gasteiger partial charge in [0.15, 0.2) is 0 Å². The van der Waals surface area contributed by atoms with Gasteiger partial charge >= 0.3 is 0 Å². The molecule has 1 saturated carbocycles. The summed E-state index contributed by atoms with van der Waals surface area (Å²) in [5.41, 5.74) is 0. The van der Waals surface area contributed by atoms with Gasteiger partial charge in [0.05, 0.1) is 0 Å². The molecule has 1 aliphatic carbocycles. The van der Waals surface area contributed by atoms with Crippen LogP contribution in [0.3, 0.4) is 0 Å². The second-order valence-electron chi connectivity index (χ2n) is 4.93. The maximum Gasteiger partial charge on any atom is 0.202 e. The Morgan fingerprint density at radius 3 is 2.65 bits per heavy atom. The third-order valence-corrected chi connectivity index (χ3v) is 4.44. The van der Waals surface area contributed by atoms with Crippen LogP contribution < -0.4 is 5.32 Å². The van der Waals surface area contributed by atoms with Gasteiger partial charge in [0, 0.05) is 24.0 Å². The van der Waals surface area contributed by atoms with E-state index in [1.165, 1.54) is 50.1 Å². The molecular weight excluding hydrogens is 230 g/mol. The molecule has 0 bridgehead atoms. The van der Waals surface area contributed by atoms with Crippen LogP contribution in [0.1, 0.15) is 58.2 Å². The van der Waals surface area contributed by atoms with Crippen molar-refractivity contribution < 1.29 is 0 Å². The second kappa shape index (κ2) is 6.34. The number of nitrogens with one attached hydrogen (secondary N) is 1. The Morgan fingerprint density at radius 2 is 2.06 bits per heavy atom. The highest BCUT2D eigenvalue weighted by molar-refractivity contribution is 7.09. The normalized spacial score (nSPS) is 19.2. The molecule has 1 unspecified atom stereocenters. The van der Waals surface area contributed by atoms with Crippen LogP contribution in [0.25, 0.3) is 0 Å². The molecule has 0 radical (unpaired) electrons. The zero-order chi connectivity index (χ0) is 12.1. The monoisotopic (exact) mass is 253 g/mol. The van der Waals surface area contributed by atoms with E-state index in [1.54, 1.807) is 0 Å². The van der Waals surface area contributed by atoms with E-state index in [1.807, 2.05) is 0 Å². The van der Waals surface area contributed by atoms with Gasteiger partial charge in [0.2, 0.25) is 5.13 Å². The summed E-state index contributed by atoms with van der Waals surface area (Å²) >= 11 is 1.51. The van der Waals surface area contributed by atoms with Crippen LogP contribution >= 0.6 is 11.5 Å². The predicted molar refractivity (Wildman–Crippen MR) is 73.6 cm³/mol. The Morgan fingerprint density at radius 1 is 1.29 bits per heavy atom. The smallest absolute Gasteiger partial charge is 0.202 e. The zero-order valence-corrected chi connectivity index (χ0v) is 11.7. The standard InChI is InChI=1S/C13H23N3S/c1-3-11(10-8-6-5-7-9-10)14-13-15-12(4-2)16-17-13/h10-11H,3-9H2,1-2H3,(H,14,15,16). The second-order valence-corrected chi connectivity index (χ2v) is 5.68. The molecule has 2 rings (SSSR count). The summed E-state index contributed by atoms with van der Waals surface area (Å²) < 4.78 is 4.34. The van der Waals surface area contributed by atoms with Gasteiger partial charge in [0.25, 0.3) is 0 Å². The summed E-state index contributed by atoms with van der Waals surface area (Å²) in [6.45, 7) is 4.37. The number of hydrogen-bond donors (Lipinski definition) is 1. The van der Waals surface area contributed by atoms with Crippen molar-refractivity contribution in [2.75, 3.05) is 5.32 Å². The van der Waals surface area contributed by atoms with Crippen molar-refractivity contribution in [3.63, 3.8) is 0 Å². The van der Waals surface area contributed by atoms with Gasteiger partial charge in [-0.25, -0.2) is 4.98 Å². The molecule has 1 N–H and O–H groups in total. The van der Waals surface area contributed by atoms with E-state index in [2.05, 4.69) is 28.5 Å². The topological polar surface area (TPSA) is 37.8 Å². The lowest BCUT2D eigenvalue weighted by Crippen LogP contribution is -2.30. The van der Waals surface area contributed by atoms with Crippen LogP contribution in [-0.4, -0.2) is 15.4 Å². The van der Waals surface area contributed by atoms with Gasteiger partial charge in [-0.2, -0.15) is 4.37 Å². The van der Waals surface area contributed by atoms with Gasteiger partial charge in [-0.3, -0.25) is 0 Å². The van der Waals surface area contributed by atoms with Crippen molar-refractivity contribution in [3.05, 3.63) is 5.82 Å². The van der Waals surface area contributed by atoms with Crippen LogP contribution in [0.5, 0.6) is 0 Å². The quantitative estimate of drug-likeness (QED) is 0.865. The lowest BCUT2D eigenvalue weighted by Gasteiger charge is -2.29. The molecule has 0 aromatic carbocycles. The highest BCUT2D eigenvalue weighted by Gasteiger charge is 2.22. The van der Waals surface area contributed by atoms with Crippen molar-refractivity contribution in [2.24, 2.45) is 5.92 Å². The van der Waals surface area contributed by atoms with Crippen LogP contribution in [0.15, 0.2) is 0 Å². The average Bonchev–Trinajstić information content (AvgIpc) is 2.84. The van der Waals surface area contributed by atoms with Crippen molar-refractivity contribution >= 4 is 16.7 Å². The molecule has 1 aliphatic rings. The van der Waals surface area contributed by atoms with E-state index in [4.69, 9.17) is 0 Å². The first-order valence-corrected chi connectivity index (χ1v) is 7.70. The zero-order valence-electron chi connectivity index (χ0n) is 10.9. The highest BCUT2D eigenvalue weighted by Crippen LogP contribution is 2.29. The molecule has 1 fully saturated rings. The Labute approximate surface area is 108 Å². The average molecular weight is 253 g/mol. The SMILES string of the molecule is CCc1nsc(NC(CC)C2CCCCC2)n1. The number of anilines is 1. The van der Waals surface area contributed by atoms with Gasteiger partial charge in [-0.15, -0.1) is 0 Å². The van der Waals surface area contributed by atoms with Crippen LogP contribution in [0.2, 0.25) is 0 Å². The molecule has 0 saturated heterocycles. The largest absolute Gasteiger partial charge is 0.357 e. The fraction of sp³-hybridized carbons (Fsp3) is 0.846. The van der Waals surface area contributed by atoms with Gasteiger partial charge in [-0.05, 0) is 25.2 Å². The highest BCUT2D eigenvalue weighted by atomic mass is 32.1. The maximum absolute atomic E-state index is 4.51. The first-order chi connectivity index (χ1) is 8.33. The van der Waals surface area contributed by atoms with E-state index in [9.17, 15) is 0 Å².